The van der Waals surface area contributed by atoms with Crippen molar-refractivity contribution in [2.75, 3.05) is 0 Å². The van der Waals surface area contributed by atoms with Crippen LogP contribution in [0.1, 0.15) is 11.1 Å². The first kappa shape index (κ1) is 16.2. The Bertz CT molecular complexity index is 471. The van der Waals surface area contributed by atoms with Crippen LogP contribution in [0.4, 0.5) is 0 Å². The summed E-state index contributed by atoms with van der Waals surface area (Å²) >= 11 is 0. The average molecular weight is 326 g/mol. The third kappa shape index (κ3) is 5.64. The molecule has 0 saturated carbocycles. The van der Waals surface area contributed by atoms with Gasteiger partial charge in [-0.25, -0.2) is 0 Å². The highest BCUT2D eigenvalue weighted by atomic mass is 28.5. The molecule has 0 saturated heterocycles. The lowest BCUT2D eigenvalue weighted by molar-refractivity contribution is 0.184. The molecule has 2 rings (SSSR count). The molecule has 5 nitrogen and oxygen atoms in total. The Hall–Kier alpha value is -1.13. The molecule has 0 atom stereocenters. The fourth-order valence-electron chi connectivity index (χ4n) is 1.91. The Morgan fingerprint density at radius 1 is 0.810 bits per heavy atom. The first-order chi connectivity index (χ1) is 9.86. The number of rotatable bonds is 8. The summed E-state index contributed by atoms with van der Waals surface area (Å²) in [6.07, 6.45) is 6.65. The monoisotopic (exact) mass is 326 g/mol. The fraction of sp³-hybridized carbons (Fsp3) is 0.429. The molecule has 7 heteroatoms. The molecule has 2 aromatic rings. The largest absolute Gasteiger partial charge is 0.472 e. The van der Waals surface area contributed by atoms with Gasteiger partial charge in [0.25, 0.3) is 0 Å². The maximum absolute atomic E-state index is 6.19. The summed E-state index contributed by atoms with van der Waals surface area (Å²) in [6.45, 7) is 9.13. The SMILES string of the molecule is C[Si](C)(OCc1ccoc1)O[Si](C)(C)OCc1ccoc1. The third-order valence-corrected chi connectivity index (χ3v) is 8.44. The van der Waals surface area contributed by atoms with E-state index in [-0.39, 0.29) is 0 Å². The van der Waals surface area contributed by atoms with Crippen molar-refractivity contribution in [3.05, 3.63) is 48.3 Å². The molecule has 0 radical (unpaired) electrons. The van der Waals surface area contributed by atoms with Gasteiger partial charge in [-0.05, 0) is 38.3 Å². The molecule has 0 aromatic carbocycles. The molecule has 116 valence electrons. The van der Waals surface area contributed by atoms with E-state index in [0.717, 1.165) is 11.1 Å². The van der Waals surface area contributed by atoms with E-state index in [1.54, 1.807) is 25.1 Å². The van der Waals surface area contributed by atoms with E-state index >= 15 is 0 Å². The van der Waals surface area contributed by atoms with E-state index in [4.69, 9.17) is 21.8 Å². The van der Waals surface area contributed by atoms with Gasteiger partial charge in [-0.15, -0.1) is 0 Å². The number of furan rings is 2. The summed E-state index contributed by atoms with van der Waals surface area (Å²) in [6, 6.07) is 3.78. The van der Waals surface area contributed by atoms with E-state index in [0.29, 0.717) is 13.2 Å². The van der Waals surface area contributed by atoms with Crippen molar-refractivity contribution in [3.63, 3.8) is 0 Å². The van der Waals surface area contributed by atoms with Gasteiger partial charge < -0.3 is 21.8 Å². The molecule has 21 heavy (non-hydrogen) atoms. The lowest BCUT2D eigenvalue weighted by Gasteiger charge is -2.32. The van der Waals surface area contributed by atoms with Crippen LogP contribution < -0.4 is 0 Å². The lowest BCUT2D eigenvalue weighted by Crippen LogP contribution is -2.48. The maximum Gasteiger partial charge on any atom is 0.323 e. The van der Waals surface area contributed by atoms with Crippen LogP contribution in [0.25, 0.3) is 0 Å². The maximum atomic E-state index is 6.19. The highest BCUT2D eigenvalue weighted by molar-refractivity contribution is 6.78. The predicted octanol–water partition coefficient (Wildman–Crippen LogP) is 4.03. The predicted molar refractivity (Wildman–Crippen MR) is 83.0 cm³/mol. The van der Waals surface area contributed by atoms with Crippen LogP contribution in [0.2, 0.25) is 26.2 Å². The normalized spacial score (nSPS) is 12.8. The van der Waals surface area contributed by atoms with Crippen molar-refractivity contribution in [3.8, 4) is 0 Å². The van der Waals surface area contributed by atoms with Gasteiger partial charge in [0.2, 0.25) is 0 Å². The van der Waals surface area contributed by atoms with E-state index < -0.39 is 17.1 Å². The minimum Gasteiger partial charge on any atom is -0.472 e. The van der Waals surface area contributed by atoms with Gasteiger partial charge in [0.15, 0.2) is 0 Å². The van der Waals surface area contributed by atoms with Crippen molar-refractivity contribution < 1.29 is 21.8 Å². The van der Waals surface area contributed by atoms with E-state index in [2.05, 4.69) is 0 Å². The second-order valence-electron chi connectivity index (χ2n) is 5.74. The van der Waals surface area contributed by atoms with Gasteiger partial charge in [-0.1, -0.05) is 0 Å². The Labute approximate surface area is 127 Å². The van der Waals surface area contributed by atoms with Gasteiger partial charge in [-0.3, -0.25) is 0 Å². The molecule has 2 aromatic heterocycles. The minimum absolute atomic E-state index is 0.502. The first-order valence-electron chi connectivity index (χ1n) is 6.87. The molecule has 0 N–H and O–H groups in total. The molecule has 0 spiro atoms. The first-order valence-corrected chi connectivity index (χ1v) is 12.5. The molecule has 0 fully saturated rings. The van der Waals surface area contributed by atoms with Gasteiger partial charge in [-0.2, -0.15) is 0 Å². The van der Waals surface area contributed by atoms with Crippen LogP contribution in [0.15, 0.2) is 46.0 Å². The molecule has 0 aliphatic heterocycles. The zero-order chi connectivity index (χ0) is 15.3. The van der Waals surface area contributed by atoms with Crippen molar-refractivity contribution in [2.24, 2.45) is 0 Å². The molecule has 0 aliphatic rings. The second kappa shape index (κ2) is 6.76. The zero-order valence-corrected chi connectivity index (χ0v) is 14.9. The molecular weight excluding hydrogens is 304 g/mol. The Morgan fingerprint density at radius 3 is 1.57 bits per heavy atom. The van der Waals surface area contributed by atoms with Crippen LogP contribution in [-0.4, -0.2) is 17.1 Å². The Morgan fingerprint density at radius 2 is 1.24 bits per heavy atom. The third-order valence-electron chi connectivity index (χ3n) is 2.82. The highest BCUT2D eigenvalue weighted by Crippen LogP contribution is 2.20. The average Bonchev–Trinajstić information content (AvgIpc) is 3.06. The molecule has 0 aliphatic carbocycles. The Balaban J connectivity index is 1.82. The van der Waals surface area contributed by atoms with E-state index in [1.807, 2.05) is 38.3 Å². The smallest absolute Gasteiger partial charge is 0.323 e. The Kier molecular flexibility index (Phi) is 5.23. The van der Waals surface area contributed by atoms with Crippen LogP contribution >= 0.6 is 0 Å². The summed E-state index contributed by atoms with van der Waals surface area (Å²) in [4.78, 5) is 0. The quantitative estimate of drug-likeness (QED) is 0.686. The van der Waals surface area contributed by atoms with Gasteiger partial charge >= 0.3 is 17.1 Å². The fourth-order valence-corrected chi connectivity index (χ4v) is 8.15. The summed E-state index contributed by atoms with van der Waals surface area (Å²) in [7, 11) is -4.49. The van der Waals surface area contributed by atoms with Crippen molar-refractivity contribution >= 4 is 17.1 Å². The van der Waals surface area contributed by atoms with Crippen LogP contribution in [0.3, 0.4) is 0 Å². The van der Waals surface area contributed by atoms with Crippen molar-refractivity contribution in [1.29, 1.82) is 0 Å². The number of hydrogen-bond acceptors (Lipinski definition) is 5. The summed E-state index contributed by atoms with van der Waals surface area (Å²) in [5, 5.41) is 0. The molecular formula is C14H22O5Si2. The molecule has 2 heterocycles. The van der Waals surface area contributed by atoms with Gasteiger partial charge in [0.1, 0.15) is 0 Å². The topological polar surface area (TPSA) is 54.0 Å². The summed E-state index contributed by atoms with van der Waals surface area (Å²) in [5.41, 5.74) is 2.02. The molecule has 0 unspecified atom stereocenters. The molecule has 0 amide bonds. The van der Waals surface area contributed by atoms with E-state index in [9.17, 15) is 0 Å². The minimum atomic E-state index is -2.25. The highest BCUT2D eigenvalue weighted by Gasteiger charge is 2.36. The zero-order valence-electron chi connectivity index (χ0n) is 12.9. The van der Waals surface area contributed by atoms with Crippen LogP contribution in [0, 0.1) is 0 Å². The van der Waals surface area contributed by atoms with Crippen molar-refractivity contribution in [2.45, 2.75) is 39.4 Å². The second-order valence-corrected chi connectivity index (χ2v) is 12.7. The summed E-state index contributed by atoms with van der Waals surface area (Å²) < 4.78 is 28.1. The van der Waals surface area contributed by atoms with Crippen molar-refractivity contribution in [1.82, 2.24) is 0 Å². The van der Waals surface area contributed by atoms with E-state index in [1.165, 1.54) is 0 Å². The standard InChI is InChI=1S/C14H22O5Si2/c1-20(2,17-11-13-5-7-15-9-13)19-21(3,4)18-12-14-6-8-16-10-14/h5-10H,11-12H2,1-4H3. The van der Waals surface area contributed by atoms with Gasteiger partial charge in [0, 0.05) is 11.1 Å². The molecule has 0 bridgehead atoms. The van der Waals surface area contributed by atoms with Crippen LogP contribution in [-0.2, 0) is 26.2 Å². The van der Waals surface area contributed by atoms with Gasteiger partial charge in [0.05, 0.1) is 38.3 Å². The van der Waals surface area contributed by atoms with Crippen LogP contribution in [0.5, 0.6) is 0 Å². The summed E-state index contributed by atoms with van der Waals surface area (Å²) in [5.74, 6) is 0. The number of hydrogen-bond donors (Lipinski definition) is 0. The lowest BCUT2D eigenvalue weighted by atomic mass is 10.4.